The molecule has 2 aromatic heterocycles. The van der Waals surface area contributed by atoms with Crippen molar-refractivity contribution in [3.05, 3.63) is 54.5 Å². The summed E-state index contributed by atoms with van der Waals surface area (Å²) in [4.78, 5) is 8.68. The molecule has 22 heavy (non-hydrogen) atoms. The molecule has 1 aliphatic carbocycles. The van der Waals surface area contributed by atoms with Gasteiger partial charge in [0.1, 0.15) is 11.6 Å². The van der Waals surface area contributed by atoms with E-state index >= 15 is 0 Å². The zero-order valence-electron chi connectivity index (χ0n) is 11.8. The first-order valence-electron chi connectivity index (χ1n) is 7.16. The summed E-state index contributed by atoms with van der Waals surface area (Å²) in [5.74, 6) is 2.85. The number of benzene rings is 1. The van der Waals surface area contributed by atoms with Crippen LogP contribution in [0.15, 0.2) is 48.7 Å². The minimum Gasteiger partial charge on any atom is -0.439 e. The Morgan fingerprint density at radius 2 is 2.09 bits per heavy atom. The highest BCUT2D eigenvalue weighted by Crippen LogP contribution is 2.39. The van der Waals surface area contributed by atoms with Crippen LogP contribution in [0.4, 0.5) is 10.8 Å². The molecule has 1 N–H and O–H groups in total. The van der Waals surface area contributed by atoms with E-state index in [1.165, 1.54) is 24.4 Å². The molecule has 1 aliphatic rings. The molecule has 0 saturated heterocycles. The Kier molecular flexibility index (Phi) is 3.44. The van der Waals surface area contributed by atoms with Gasteiger partial charge in [-0.2, -0.15) is 4.37 Å². The van der Waals surface area contributed by atoms with Gasteiger partial charge in [0.25, 0.3) is 0 Å². The first-order chi connectivity index (χ1) is 10.9. The lowest BCUT2D eigenvalue weighted by Crippen LogP contribution is -1.92. The van der Waals surface area contributed by atoms with Crippen LogP contribution < -0.4 is 10.1 Å². The van der Waals surface area contributed by atoms with Gasteiger partial charge in [-0.25, -0.2) is 9.97 Å². The summed E-state index contributed by atoms with van der Waals surface area (Å²) in [7, 11) is 0. The molecule has 1 saturated carbocycles. The van der Waals surface area contributed by atoms with E-state index in [4.69, 9.17) is 4.74 Å². The number of hydrogen-bond acceptors (Lipinski definition) is 6. The maximum Gasteiger partial charge on any atom is 0.219 e. The first kappa shape index (κ1) is 13.2. The smallest absolute Gasteiger partial charge is 0.219 e. The highest BCUT2D eigenvalue weighted by atomic mass is 32.1. The molecular formula is C16H14N4OS. The number of hydrogen-bond donors (Lipinski definition) is 1. The van der Waals surface area contributed by atoms with Gasteiger partial charge in [0.2, 0.25) is 11.0 Å². The Labute approximate surface area is 132 Å². The van der Waals surface area contributed by atoms with E-state index in [2.05, 4.69) is 19.7 Å². The molecule has 110 valence electrons. The lowest BCUT2D eigenvalue weighted by molar-refractivity contribution is 0.463. The highest BCUT2D eigenvalue weighted by Gasteiger charge is 2.27. The van der Waals surface area contributed by atoms with Gasteiger partial charge in [0, 0.05) is 41.5 Å². The van der Waals surface area contributed by atoms with Gasteiger partial charge >= 0.3 is 0 Å². The van der Waals surface area contributed by atoms with Crippen LogP contribution in [0.25, 0.3) is 0 Å². The predicted molar refractivity (Wildman–Crippen MR) is 85.9 cm³/mol. The zero-order chi connectivity index (χ0) is 14.8. The van der Waals surface area contributed by atoms with E-state index in [0.717, 1.165) is 22.4 Å². The van der Waals surface area contributed by atoms with E-state index in [9.17, 15) is 0 Å². The molecule has 6 heteroatoms. The molecule has 2 heterocycles. The molecule has 5 nitrogen and oxygen atoms in total. The van der Waals surface area contributed by atoms with Gasteiger partial charge in [0.15, 0.2) is 0 Å². The third-order valence-corrected chi connectivity index (χ3v) is 3.97. The van der Waals surface area contributed by atoms with Crippen LogP contribution >= 0.6 is 11.5 Å². The van der Waals surface area contributed by atoms with Gasteiger partial charge in [-0.05, 0) is 31.0 Å². The summed E-state index contributed by atoms with van der Waals surface area (Å²) in [6.45, 7) is 0. The summed E-state index contributed by atoms with van der Waals surface area (Å²) in [6.07, 6.45) is 4.13. The molecule has 3 aromatic rings. The summed E-state index contributed by atoms with van der Waals surface area (Å²) < 4.78 is 10.1. The first-order valence-corrected chi connectivity index (χ1v) is 7.94. The maximum absolute atomic E-state index is 5.73. The van der Waals surface area contributed by atoms with Crippen molar-refractivity contribution in [3.8, 4) is 11.6 Å². The van der Waals surface area contributed by atoms with E-state index in [0.29, 0.717) is 11.8 Å². The van der Waals surface area contributed by atoms with Crippen LogP contribution in [-0.4, -0.2) is 14.3 Å². The standard InChI is InChI=1S/C16H14N4OS/c1-2-9-17-14(6-1)21-13-5-3-4-12(10-13)18-16-19-15(20-22-16)11-7-8-11/h1-6,9-11H,7-8H2,(H,18,19,20). The highest BCUT2D eigenvalue weighted by molar-refractivity contribution is 7.09. The molecule has 1 aromatic carbocycles. The van der Waals surface area contributed by atoms with Gasteiger partial charge in [0.05, 0.1) is 0 Å². The summed E-state index contributed by atoms with van der Waals surface area (Å²) in [5.41, 5.74) is 0.923. The fourth-order valence-corrected chi connectivity index (χ4v) is 2.75. The van der Waals surface area contributed by atoms with Crippen LogP contribution in [0.3, 0.4) is 0 Å². The molecule has 4 rings (SSSR count). The van der Waals surface area contributed by atoms with Gasteiger partial charge < -0.3 is 10.1 Å². The van der Waals surface area contributed by atoms with E-state index in [1.54, 1.807) is 6.20 Å². The van der Waals surface area contributed by atoms with E-state index in [1.807, 2.05) is 42.5 Å². The van der Waals surface area contributed by atoms with Gasteiger partial charge in [-0.1, -0.05) is 12.1 Å². The van der Waals surface area contributed by atoms with Crippen LogP contribution in [0.5, 0.6) is 11.6 Å². The minimum atomic E-state index is 0.575. The number of ether oxygens (including phenoxy) is 1. The zero-order valence-corrected chi connectivity index (χ0v) is 12.6. The Hall–Kier alpha value is -2.47. The largest absolute Gasteiger partial charge is 0.439 e. The Morgan fingerprint density at radius 1 is 1.14 bits per heavy atom. The molecule has 1 fully saturated rings. The van der Waals surface area contributed by atoms with Gasteiger partial charge in [-0.3, -0.25) is 0 Å². The maximum atomic E-state index is 5.73. The average molecular weight is 310 g/mol. The molecule has 0 atom stereocenters. The molecule has 0 amide bonds. The Bertz CT molecular complexity index is 771. The van der Waals surface area contributed by atoms with Crippen molar-refractivity contribution in [1.29, 1.82) is 0 Å². The molecule has 0 spiro atoms. The number of pyridine rings is 1. The van der Waals surface area contributed by atoms with Crippen molar-refractivity contribution in [1.82, 2.24) is 14.3 Å². The quantitative estimate of drug-likeness (QED) is 0.759. The number of nitrogens with zero attached hydrogens (tertiary/aromatic N) is 3. The van der Waals surface area contributed by atoms with Crippen LogP contribution in [-0.2, 0) is 0 Å². The van der Waals surface area contributed by atoms with Crippen molar-refractivity contribution in [2.24, 2.45) is 0 Å². The van der Waals surface area contributed by atoms with Crippen molar-refractivity contribution in [3.63, 3.8) is 0 Å². The van der Waals surface area contributed by atoms with Crippen LogP contribution in [0, 0.1) is 0 Å². The monoisotopic (exact) mass is 310 g/mol. The van der Waals surface area contributed by atoms with Crippen molar-refractivity contribution >= 4 is 22.4 Å². The topological polar surface area (TPSA) is 59.9 Å². The number of rotatable bonds is 5. The molecule has 0 aliphatic heterocycles. The van der Waals surface area contributed by atoms with Crippen LogP contribution in [0.2, 0.25) is 0 Å². The second-order valence-corrected chi connectivity index (χ2v) is 5.91. The van der Waals surface area contributed by atoms with Crippen molar-refractivity contribution in [2.75, 3.05) is 5.32 Å². The van der Waals surface area contributed by atoms with E-state index in [-0.39, 0.29) is 0 Å². The Balaban J connectivity index is 1.48. The molecule has 0 radical (unpaired) electrons. The number of anilines is 2. The lowest BCUT2D eigenvalue weighted by atomic mass is 10.3. The third-order valence-electron chi connectivity index (χ3n) is 3.33. The molecule has 0 unspecified atom stereocenters. The summed E-state index contributed by atoms with van der Waals surface area (Å²) in [6, 6.07) is 13.3. The molecular weight excluding hydrogens is 296 g/mol. The second-order valence-electron chi connectivity index (χ2n) is 5.15. The number of aromatic nitrogens is 3. The van der Waals surface area contributed by atoms with Crippen LogP contribution in [0.1, 0.15) is 24.6 Å². The normalized spacial score (nSPS) is 13.8. The fraction of sp³-hybridized carbons (Fsp3) is 0.188. The Morgan fingerprint density at radius 3 is 2.91 bits per heavy atom. The predicted octanol–water partition coefficient (Wildman–Crippen LogP) is 4.35. The lowest BCUT2D eigenvalue weighted by Gasteiger charge is -2.07. The average Bonchev–Trinajstić information content (AvgIpc) is 3.29. The SMILES string of the molecule is c1ccc(Oc2cccc(Nc3nc(C4CC4)ns3)c2)nc1. The van der Waals surface area contributed by atoms with Crippen molar-refractivity contribution in [2.45, 2.75) is 18.8 Å². The second kappa shape index (κ2) is 5.73. The summed E-state index contributed by atoms with van der Waals surface area (Å²) in [5, 5.41) is 4.09. The fourth-order valence-electron chi connectivity index (χ4n) is 2.08. The number of nitrogens with one attached hydrogen (secondary N) is 1. The summed E-state index contributed by atoms with van der Waals surface area (Å²) >= 11 is 1.40. The van der Waals surface area contributed by atoms with E-state index < -0.39 is 0 Å². The van der Waals surface area contributed by atoms with Crippen molar-refractivity contribution < 1.29 is 4.74 Å². The third kappa shape index (κ3) is 3.07. The minimum absolute atomic E-state index is 0.575. The molecule has 0 bridgehead atoms. The van der Waals surface area contributed by atoms with Gasteiger partial charge in [-0.15, -0.1) is 0 Å².